The monoisotopic (exact) mass is 410 g/mol. The largest absolute Gasteiger partial charge is 0.444 e. The predicted molar refractivity (Wildman–Crippen MR) is 119 cm³/mol. The number of amides is 1. The molecule has 1 amide bonds. The summed E-state index contributed by atoms with van der Waals surface area (Å²) in [5.74, 6) is 1.69. The number of aliphatic hydroxyl groups is 1. The van der Waals surface area contributed by atoms with Crippen LogP contribution in [0.15, 0.2) is 0 Å². The Morgan fingerprint density at radius 1 is 1.07 bits per heavy atom. The molecule has 0 aliphatic carbocycles. The Kier molecular flexibility index (Phi) is 8.84. The maximum atomic E-state index is 12.2. The summed E-state index contributed by atoms with van der Waals surface area (Å²) in [5, 5.41) is 14.5. The average molecular weight is 411 g/mol. The molecule has 2 rings (SSSR count). The van der Waals surface area contributed by atoms with Crippen molar-refractivity contribution in [1.82, 2.24) is 10.2 Å². The smallest absolute Gasteiger partial charge is 0.410 e. The minimum atomic E-state index is -0.444. The van der Waals surface area contributed by atoms with Crippen molar-refractivity contribution >= 4 is 6.09 Å². The van der Waals surface area contributed by atoms with E-state index >= 15 is 0 Å². The van der Waals surface area contributed by atoms with E-state index in [1.807, 2.05) is 25.7 Å². The Morgan fingerprint density at radius 3 is 2.31 bits per heavy atom. The number of likely N-dealkylation sites (tertiary alicyclic amines) is 1. The molecule has 3 atom stereocenters. The minimum absolute atomic E-state index is 0.202. The van der Waals surface area contributed by atoms with Crippen LogP contribution in [0.5, 0.6) is 0 Å². The molecule has 3 unspecified atom stereocenters. The molecule has 0 aromatic carbocycles. The zero-order valence-electron chi connectivity index (χ0n) is 19.8. The van der Waals surface area contributed by atoms with Crippen molar-refractivity contribution in [2.75, 3.05) is 26.2 Å². The van der Waals surface area contributed by atoms with Gasteiger partial charge in [0.15, 0.2) is 0 Å². The summed E-state index contributed by atoms with van der Waals surface area (Å²) in [6.45, 7) is 16.4. The predicted octanol–water partition coefficient (Wildman–Crippen LogP) is 4.83. The van der Waals surface area contributed by atoms with Crippen LogP contribution in [0.4, 0.5) is 4.79 Å². The van der Waals surface area contributed by atoms with Crippen molar-refractivity contribution in [1.29, 1.82) is 0 Å². The molecule has 0 saturated carbocycles. The second-order valence-corrected chi connectivity index (χ2v) is 11.5. The second-order valence-electron chi connectivity index (χ2n) is 11.5. The lowest BCUT2D eigenvalue weighted by Crippen LogP contribution is -2.42. The number of hydrogen-bond donors (Lipinski definition) is 2. The highest BCUT2D eigenvalue weighted by molar-refractivity contribution is 5.68. The van der Waals surface area contributed by atoms with E-state index in [1.54, 1.807) is 0 Å². The van der Waals surface area contributed by atoms with Gasteiger partial charge in [0.05, 0.1) is 6.10 Å². The fraction of sp³-hybridized carbons (Fsp3) is 0.958. The average Bonchev–Trinajstić information content (AvgIpc) is 2.55. The van der Waals surface area contributed by atoms with Crippen LogP contribution in [0.2, 0.25) is 0 Å². The second kappa shape index (κ2) is 10.5. The van der Waals surface area contributed by atoms with Crippen molar-refractivity contribution in [2.45, 2.75) is 98.2 Å². The number of piperidine rings is 1. The van der Waals surface area contributed by atoms with E-state index in [-0.39, 0.29) is 17.6 Å². The zero-order valence-corrected chi connectivity index (χ0v) is 19.8. The van der Waals surface area contributed by atoms with E-state index in [4.69, 9.17) is 4.74 Å². The third-order valence-corrected chi connectivity index (χ3v) is 6.67. The number of nitrogens with zero attached hydrogens (tertiary/aromatic N) is 1. The summed E-state index contributed by atoms with van der Waals surface area (Å²) in [5.41, 5.74) is -0.187. The first-order valence-electron chi connectivity index (χ1n) is 11.8. The molecule has 29 heavy (non-hydrogen) atoms. The maximum Gasteiger partial charge on any atom is 0.410 e. The summed E-state index contributed by atoms with van der Waals surface area (Å²) < 4.78 is 5.49. The molecular weight excluding hydrogens is 364 g/mol. The van der Waals surface area contributed by atoms with E-state index < -0.39 is 5.60 Å². The van der Waals surface area contributed by atoms with Crippen LogP contribution in [-0.2, 0) is 4.74 Å². The lowest BCUT2D eigenvalue weighted by Gasteiger charge is -2.40. The van der Waals surface area contributed by atoms with Gasteiger partial charge in [-0.1, -0.05) is 27.2 Å². The van der Waals surface area contributed by atoms with Crippen molar-refractivity contribution in [2.24, 2.45) is 23.2 Å². The molecule has 5 heteroatoms. The fourth-order valence-corrected chi connectivity index (χ4v) is 5.09. The first kappa shape index (κ1) is 24.5. The Labute approximate surface area is 179 Å². The molecule has 2 fully saturated rings. The van der Waals surface area contributed by atoms with Gasteiger partial charge in [-0.2, -0.15) is 0 Å². The SMILES string of the molecule is CC(C)(C)OC(=O)N1CCC(CC(O)CC2CCCCNCC2C(C)(C)C)CC1. The van der Waals surface area contributed by atoms with Crippen LogP contribution in [0, 0.1) is 23.2 Å². The topological polar surface area (TPSA) is 61.8 Å². The molecule has 2 N–H and O–H groups in total. The highest BCUT2D eigenvalue weighted by atomic mass is 16.6. The lowest BCUT2D eigenvalue weighted by molar-refractivity contribution is 0.0142. The van der Waals surface area contributed by atoms with E-state index in [0.717, 1.165) is 51.9 Å². The lowest BCUT2D eigenvalue weighted by atomic mass is 9.69. The molecule has 0 aromatic heterocycles. The first-order valence-corrected chi connectivity index (χ1v) is 11.8. The number of hydrogen-bond acceptors (Lipinski definition) is 4. The van der Waals surface area contributed by atoms with Gasteiger partial charge < -0.3 is 20.1 Å². The highest BCUT2D eigenvalue weighted by Gasteiger charge is 2.34. The van der Waals surface area contributed by atoms with Gasteiger partial charge in [-0.3, -0.25) is 0 Å². The van der Waals surface area contributed by atoms with E-state index in [1.165, 1.54) is 19.3 Å². The Morgan fingerprint density at radius 2 is 1.72 bits per heavy atom. The molecule has 2 heterocycles. The molecule has 0 radical (unpaired) electrons. The minimum Gasteiger partial charge on any atom is -0.444 e. The van der Waals surface area contributed by atoms with Gasteiger partial charge in [0, 0.05) is 13.1 Å². The molecule has 0 aromatic rings. The van der Waals surface area contributed by atoms with Gasteiger partial charge in [-0.15, -0.1) is 0 Å². The van der Waals surface area contributed by atoms with Gasteiger partial charge in [-0.25, -0.2) is 4.79 Å². The van der Waals surface area contributed by atoms with Gasteiger partial charge in [-0.05, 0) is 95.6 Å². The molecular formula is C24H46N2O3. The summed E-state index contributed by atoms with van der Waals surface area (Å²) in [7, 11) is 0. The third kappa shape index (κ3) is 8.45. The molecule has 5 nitrogen and oxygen atoms in total. The standard InChI is InChI=1S/C24H46N2O3/c1-23(2,3)21-17-25-12-8-7-9-19(21)16-20(27)15-18-10-13-26(14-11-18)22(28)29-24(4,5)6/h18-21,25,27H,7-17H2,1-6H3. The molecule has 170 valence electrons. The van der Waals surface area contributed by atoms with E-state index in [2.05, 4.69) is 26.1 Å². The highest BCUT2D eigenvalue weighted by Crippen LogP contribution is 2.38. The molecule has 0 spiro atoms. The number of aliphatic hydroxyl groups excluding tert-OH is 1. The van der Waals surface area contributed by atoms with Gasteiger partial charge in [0.2, 0.25) is 0 Å². The van der Waals surface area contributed by atoms with Crippen molar-refractivity contribution in [3.8, 4) is 0 Å². The van der Waals surface area contributed by atoms with Crippen LogP contribution in [0.3, 0.4) is 0 Å². The van der Waals surface area contributed by atoms with Crippen LogP contribution < -0.4 is 5.32 Å². The van der Waals surface area contributed by atoms with E-state index in [9.17, 15) is 9.90 Å². The first-order chi connectivity index (χ1) is 13.5. The van der Waals surface area contributed by atoms with Crippen molar-refractivity contribution in [3.63, 3.8) is 0 Å². The number of carbonyl (C=O) groups is 1. The molecule has 2 aliphatic heterocycles. The summed E-state index contributed by atoms with van der Waals surface area (Å²) >= 11 is 0. The van der Waals surface area contributed by atoms with Gasteiger partial charge in [0.25, 0.3) is 0 Å². The molecule has 2 saturated heterocycles. The Hall–Kier alpha value is -0.810. The summed E-state index contributed by atoms with van der Waals surface area (Å²) in [6.07, 6.45) is 7.00. The molecule has 2 aliphatic rings. The molecule has 0 bridgehead atoms. The maximum absolute atomic E-state index is 12.2. The van der Waals surface area contributed by atoms with Crippen LogP contribution in [-0.4, -0.2) is 54.0 Å². The van der Waals surface area contributed by atoms with Crippen LogP contribution >= 0.6 is 0 Å². The summed E-state index contributed by atoms with van der Waals surface area (Å²) in [4.78, 5) is 14.1. The number of nitrogens with one attached hydrogen (secondary N) is 1. The Bertz CT molecular complexity index is 501. The number of ether oxygens (including phenoxy) is 1. The van der Waals surface area contributed by atoms with Gasteiger partial charge in [0.1, 0.15) is 5.60 Å². The number of carbonyl (C=O) groups excluding carboxylic acids is 1. The Balaban J connectivity index is 1.82. The van der Waals surface area contributed by atoms with Crippen molar-refractivity contribution in [3.05, 3.63) is 0 Å². The van der Waals surface area contributed by atoms with Crippen molar-refractivity contribution < 1.29 is 14.6 Å². The van der Waals surface area contributed by atoms with Gasteiger partial charge >= 0.3 is 6.09 Å². The third-order valence-electron chi connectivity index (χ3n) is 6.67. The van der Waals surface area contributed by atoms with Crippen LogP contribution in [0.25, 0.3) is 0 Å². The summed E-state index contributed by atoms with van der Waals surface area (Å²) in [6, 6.07) is 0. The quantitative estimate of drug-likeness (QED) is 0.697. The normalized spacial score (nSPS) is 26.5. The number of rotatable bonds is 4. The zero-order chi connectivity index (χ0) is 21.7. The fourth-order valence-electron chi connectivity index (χ4n) is 5.09. The van der Waals surface area contributed by atoms with Crippen LogP contribution in [0.1, 0.15) is 86.5 Å². The van der Waals surface area contributed by atoms with E-state index in [0.29, 0.717) is 17.8 Å².